The van der Waals surface area contributed by atoms with E-state index in [1.54, 1.807) is 0 Å². The SMILES string of the molecule is NC(=O)OCCC1CCCCC1. The van der Waals surface area contributed by atoms with Gasteiger partial charge in [-0.3, -0.25) is 0 Å². The molecule has 0 saturated heterocycles. The Morgan fingerprint density at radius 3 is 2.58 bits per heavy atom. The van der Waals surface area contributed by atoms with E-state index in [2.05, 4.69) is 4.74 Å². The average molecular weight is 171 g/mol. The molecule has 70 valence electrons. The number of primary amides is 1. The highest BCUT2D eigenvalue weighted by Gasteiger charge is 2.13. The monoisotopic (exact) mass is 171 g/mol. The second-order valence-electron chi connectivity index (χ2n) is 3.46. The molecule has 1 saturated carbocycles. The molecular weight excluding hydrogens is 154 g/mol. The largest absolute Gasteiger partial charge is 0.450 e. The molecule has 0 radical (unpaired) electrons. The van der Waals surface area contributed by atoms with Crippen molar-refractivity contribution in [3.63, 3.8) is 0 Å². The average Bonchev–Trinajstić information content (AvgIpc) is 2.05. The number of carbonyl (C=O) groups excluding carboxylic acids is 1. The maximum atomic E-state index is 10.2. The molecule has 1 rings (SSSR count). The Bertz CT molecular complexity index is 141. The fourth-order valence-electron chi connectivity index (χ4n) is 1.80. The molecule has 0 aromatic rings. The zero-order valence-corrected chi connectivity index (χ0v) is 7.42. The first-order valence-corrected chi connectivity index (χ1v) is 4.71. The van der Waals surface area contributed by atoms with Gasteiger partial charge in [0.1, 0.15) is 0 Å². The Balaban J connectivity index is 2.01. The van der Waals surface area contributed by atoms with Crippen LogP contribution in [0.25, 0.3) is 0 Å². The predicted molar refractivity (Wildman–Crippen MR) is 46.7 cm³/mol. The first-order valence-electron chi connectivity index (χ1n) is 4.71. The molecule has 0 bridgehead atoms. The number of hydrogen-bond donors (Lipinski definition) is 1. The summed E-state index contributed by atoms with van der Waals surface area (Å²) >= 11 is 0. The molecule has 0 aromatic heterocycles. The molecule has 3 heteroatoms. The van der Waals surface area contributed by atoms with Crippen LogP contribution < -0.4 is 5.73 Å². The molecule has 3 nitrogen and oxygen atoms in total. The predicted octanol–water partition coefficient (Wildman–Crippen LogP) is 2.05. The highest BCUT2D eigenvalue weighted by molar-refractivity contribution is 5.64. The first-order chi connectivity index (χ1) is 5.79. The minimum atomic E-state index is -0.647. The molecule has 0 unspecified atom stereocenters. The third-order valence-corrected chi connectivity index (χ3v) is 2.50. The third-order valence-electron chi connectivity index (χ3n) is 2.50. The van der Waals surface area contributed by atoms with E-state index in [1.165, 1.54) is 32.1 Å². The van der Waals surface area contributed by atoms with Crippen LogP contribution in [-0.4, -0.2) is 12.7 Å². The van der Waals surface area contributed by atoms with E-state index in [0.29, 0.717) is 6.61 Å². The summed E-state index contributed by atoms with van der Waals surface area (Å²) < 4.78 is 4.68. The molecule has 0 aromatic carbocycles. The summed E-state index contributed by atoms with van der Waals surface area (Å²) in [4.78, 5) is 10.2. The lowest BCUT2D eigenvalue weighted by atomic mass is 9.87. The fraction of sp³-hybridized carbons (Fsp3) is 0.889. The lowest BCUT2D eigenvalue weighted by molar-refractivity contribution is 0.144. The number of nitrogens with two attached hydrogens (primary N) is 1. The van der Waals surface area contributed by atoms with Crippen LogP contribution in [0, 0.1) is 5.92 Å². The molecular formula is C9H17NO2. The highest BCUT2D eigenvalue weighted by Crippen LogP contribution is 2.25. The van der Waals surface area contributed by atoms with Gasteiger partial charge in [-0.05, 0) is 12.3 Å². The van der Waals surface area contributed by atoms with Crippen LogP contribution in [0.5, 0.6) is 0 Å². The van der Waals surface area contributed by atoms with Gasteiger partial charge in [0.2, 0.25) is 0 Å². The van der Waals surface area contributed by atoms with E-state index in [-0.39, 0.29) is 0 Å². The summed E-state index contributed by atoms with van der Waals surface area (Å²) in [5.41, 5.74) is 4.85. The van der Waals surface area contributed by atoms with E-state index in [4.69, 9.17) is 5.73 Å². The summed E-state index contributed by atoms with van der Waals surface area (Å²) in [7, 11) is 0. The minimum Gasteiger partial charge on any atom is -0.450 e. The Morgan fingerprint density at radius 2 is 2.00 bits per heavy atom. The highest BCUT2D eigenvalue weighted by atomic mass is 16.5. The summed E-state index contributed by atoms with van der Waals surface area (Å²) in [5, 5.41) is 0. The van der Waals surface area contributed by atoms with E-state index < -0.39 is 6.09 Å². The topological polar surface area (TPSA) is 52.3 Å². The van der Waals surface area contributed by atoms with E-state index in [0.717, 1.165) is 12.3 Å². The fourth-order valence-corrected chi connectivity index (χ4v) is 1.80. The number of amides is 1. The summed E-state index contributed by atoms with van der Waals surface area (Å²) in [6.45, 7) is 0.500. The molecule has 12 heavy (non-hydrogen) atoms. The van der Waals surface area contributed by atoms with Crippen LogP contribution in [0.3, 0.4) is 0 Å². The number of carbonyl (C=O) groups is 1. The van der Waals surface area contributed by atoms with Gasteiger partial charge in [-0.15, -0.1) is 0 Å². The van der Waals surface area contributed by atoms with Gasteiger partial charge >= 0.3 is 6.09 Å². The molecule has 1 aliphatic carbocycles. The maximum Gasteiger partial charge on any atom is 0.404 e. The molecule has 2 N–H and O–H groups in total. The molecule has 0 heterocycles. The zero-order valence-electron chi connectivity index (χ0n) is 7.42. The van der Waals surface area contributed by atoms with Crippen molar-refractivity contribution in [1.82, 2.24) is 0 Å². The number of hydrogen-bond acceptors (Lipinski definition) is 2. The third kappa shape index (κ3) is 3.60. The lowest BCUT2D eigenvalue weighted by Crippen LogP contribution is -2.16. The Morgan fingerprint density at radius 1 is 1.33 bits per heavy atom. The molecule has 1 aliphatic rings. The van der Waals surface area contributed by atoms with E-state index in [9.17, 15) is 4.79 Å². The summed E-state index contributed by atoms with van der Waals surface area (Å²) in [6, 6.07) is 0. The van der Waals surface area contributed by atoms with Crippen molar-refractivity contribution in [3.05, 3.63) is 0 Å². The lowest BCUT2D eigenvalue weighted by Gasteiger charge is -2.20. The Labute approximate surface area is 73.3 Å². The normalized spacial score (nSPS) is 19.0. The van der Waals surface area contributed by atoms with Crippen LogP contribution in [0.1, 0.15) is 38.5 Å². The second kappa shape index (κ2) is 5.01. The molecule has 0 aliphatic heterocycles. The van der Waals surface area contributed by atoms with Crippen LogP contribution in [0.15, 0.2) is 0 Å². The Kier molecular flexibility index (Phi) is 3.91. The standard InChI is InChI=1S/C9H17NO2/c10-9(11)12-7-6-8-4-2-1-3-5-8/h8H,1-7H2,(H2,10,11). The molecule has 1 fully saturated rings. The van der Waals surface area contributed by atoms with Crippen LogP contribution in [-0.2, 0) is 4.74 Å². The Hall–Kier alpha value is -0.730. The summed E-state index contributed by atoms with van der Waals surface area (Å²) in [6.07, 6.45) is 6.97. The molecule has 0 atom stereocenters. The molecule has 1 amide bonds. The van der Waals surface area contributed by atoms with Gasteiger partial charge in [-0.1, -0.05) is 32.1 Å². The van der Waals surface area contributed by atoms with Crippen molar-refractivity contribution in [2.45, 2.75) is 38.5 Å². The van der Waals surface area contributed by atoms with Crippen molar-refractivity contribution in [2.24, 2.45) is 11.7 Å². The van der Waals surface area contributed by atoms with Gasteiger partial charge in [-0.25, -0.2) is 4.79 Å². The van der Waals surface area contributed by atoms with Gasteiger partial charge in [-0.2, -0.15) is 0 Å². The second-order valence-corrected chi connectivity index (χ2v) is 3.46. The summed E-state index contributed by atoms with van der Waals surface area (Å²) in [5.74, 6) is 0.762. The van der Waals surface area contributed by atoms with Crippen molar-refractivity contribution in [1.29, 1.82) is 0 Å². The van der Waals surface area contributed by atoms with E-state index >= 15 is 0 Å². The van der Waals surface area contributed by atoms with Gasteiger partial charge in [0.05, 0.1) is 6.61 Å². The maximum absolute atomic E-state index is 10.2. The van der Waals surface area contributed by atoms with Gasteiger partial charge < -0.3 is 10.5 Å². The van der Waals surface area contributed by atoms with Gasteiger partial charge in [0, 0.05) is 0 Å². The van der Waals surface area contributed by atoms with Crippen molar-refractivity contribution in [2.75, 3.05) is 6.61 Å². The van der Waals surface area contributed by atoms with Crippen molar-refractivity contribution in [3.8, 4) is 0 Å². The van der Waals surface area contributed by atoms with Gasteiger partial charge in [0.25, 0.3) is 0 Å². The van der Waals surface area contributed by atoms with Crippen LogP contribution in [0.4, 0.5) is 4.79 Å². The molecule has 0 spiro atoms. The number of rotatable bonds is 3. The van der Waals surface area contributed by atoms with Crippen LogP contribution in [0.2, 0.25) is 0 Å². The van der Waals surface area contributed by atoms with E-state index in [1.807, 2.05) is 0 Å². The quantitative estimate of drug-likeness (QED) is 0.706. The first kappa shape index (κ1) is 9.36. The van der Waals surface area contributed by atoms with Crippen molar-refractivity contribution >= 4 is 6.09 Å². The van der Waals surface area contributed by atoms with Gasteiger partial charge in [0.15, 0.2) is 0 Å². The van der Waals surface area contributed by atoms with Crippen LogP contribution >= 0.6 is 0 Å². The smallest absolute Gasteiger partial charge is 0.404 e. The zero-order chi connectivity index (χ0) is 8.81. The van der Waals surface area contributed by atoms with Crippen molar-refractivity contribution < 1.29 is 9.53 Å². The number of ether oxygens (including phenoxy) is 1. The minimum absolute atomic E-state index is 0.500.